The average molecular weight is 246 g/mol. The number of nitrogens with zero attached hydrogens (tertiary/aromatic N) is 3. The van der Waals surface area contributed by atoms with E-state index in [4.69, 9.17) is 0 Å². The van der Waals surface area contributed by atoms with E-state index >= 15 is 0 Å². The van der Waals surface area contributed by atoms with Crippen molar-refractivity contribution in [2.24, 2.45) is 5.10 Å². The Morgan fingerprint density at radius 2 is 2.28 bits per heavy atom. The van der Waals surface area contributed by atoms with E-state index in [1.54, 1.807) is 24.3 Å². The zero-order valence-corrected chi connectivity index (χ0v) is 10.00. The molecule has 1 aromatic carbocycles. The van der Waals surface area contributed by atoms with Gasteiger partial charge in [0.2, 0.25) is 0 Å². The van der Waals surface area contributed by atoms with Gasteiger partial charge in [-0.2, -0.15) is 14.9 Å². The predicted octanol–water partition coefficient (Wildman–Crippen LogP) is 1.11. The van der Waals surface area contributed by atoms with Gasteiger partial charge < -0.3 is 5.11 Å². The number of aromatic hydroxyl groups is 1. The minimum atomic E-state index is -0.384. The number of hydrogen-bond acceptors (Lipinski definition) is 4. The van der Waals surface area contributed by atoms with Gasteiger partial charge in [0.1, 0.15) is 5.75 Å². The number of aromatic amines is 1. The molecule has 6 heteroatoms. The fraction of sp³-hybridized carbons (Fsp3) is 0.250. The second-order valence-electron chi connectivity index (χ2n) is 3.81. The molecule has 0 amide bonds. The van der Waals surface area contributed by atoms with Crippen molar-refractivity contribution in [2.75, 3.05) is 0 Å². The SMILES string of the molecule is CCCc1n[nH]c(=O)n1/N=C/c1ccccc1O. The highest BCUT2D eigenvalue weighted by Gasteiger charge is 2.05. The third kappa shape index (κ3) is 2.48. The molecule has 1 heterocycles. The molecule has 0 bridgehead atoms. The van der Waals surface area contributed by atoms with Gasteiger partial charge in [-0.15, -0.1) is 0 Å². The summed E-state index contributed by atoms with van der Waals surface area (Å²) in [4.78, 5) is 11.5. The summed E-state index contributed by atoms with van der Waals surface area (Å²) < 4.78 is 1.20. The van der Waals surface area contributed by atoms with E-state index in [0.29, 0.717) is 17.8 Å². The Labute approximate surface area is 104 Å². The third-order valence-corrected chi connectivity index (χ3v) is 2.44. The number of phenolic OH excluding ortho intramolecular Hbond substituents is 1. The average Bonchev–Trinajstić information content (AvgIpc) is 2.70. The standard InChI is InChI=1S/C12H14N4O2/c1-2-5-11-14-15-12(18)16(11)13-8-9-6-3-4-7-10(9)17/h3-4,6-8,17H,2,5H2,1H3,(H,15,18)/b13-8+. The van der Waals surface area contributed by atoms with Crippen LogP contribution in [-0.4, -0.2) is 26.2 Å². The monoisotopic (exact) mass is 246 g/mol. The van der Waals surface area contributed by atoms with E-state index in [9.17, 15) is 9.90 Å². The Bertz CT molecular complexity index is 613. The molecule has 2 N–H and O–H groups in total. The smallest absolute Gasteiger partial charge is 0.364 e. The lowest BCUT2D eigenvalue weighted by molar-refractivity contribution is 0.474. The summed E-state index contributed by atoms with van der Waals surface area (Å²) in [5, 5.41) is 19.9. The molecular formula is C12H14N4O2. The van der Waals surface area contributed by atoms with Crippen LogP contribution in [0.2, 0.25) is 0 Å². The first kappa shape index (κ1) is 12.1. The molecule has 2 rings (SSSR count). The molecule has 0 aliphatic rings. The molecule has 0 unspecified atom stereocenters. The van der Waals surface area contributed by atoms with E-state index in [0.717, 1.165) is 6.42 Å². The zero-order valence-electron chi connectivity index (χ0n) is 10.00. The Kier molecular flexibility index (Phi) is 3.57. The van der Waals surface area contributed by atoms with Crippen molar-refractivity contribution in [3.63, 3.8) is 0 Å². The fourth-order valence-electron chi connectivity index (χ4n) is 1.55. The first-order chi connectivity index (χ1) is 8.72. The van der Waals surface area contributed by atoms with Gasteiger partial charge in [-0.3, -0.25) is 0 Å². The van der Waals surface area contributed by atoms with Crippen LogP contribution < -0.4 is 5.69 Å². The summed E-state index contributed by atoms with van der Waals surface area (Å²) in [5.74, 6) is 0.698. The number of aryl methyl sites for hydroxylation is 1. The van der Waals surface area contributed by atoms with Crippen molar-refractivity contribution < 1.29 is 5.11 Å². The van der Waals surface area contributed by atoms with Crippen LogP contribution in [-0.2, 0) is 6.42 Å². The number of aromatic nitrogens is 3. The Hall–Kier alpha value is -2.37. The minimum absolute atomic E-state index is 0.120. The van der Waals surface area contributed by atoms with Crippen LogP contribution in [0, 0.1) is 0 Å². The second kappa shape index (κ2) is 5.31. The number of nitrogens with one attached hydrogen (secondary N) is 1. The van der Waals surface area contributed by atoms with Crippen molar-refractivity contribution >= 4 is 6.21 Å². The Balaban J connectivity index is 2.32. The van der Waals surface area contributed by atoms with Gasteiger partial charge in [0.15, 0.2) is 5.82 Å². The molecule has 0 saturated heterocycles. The number of H-pyrrole nitrogens is 1. The van der Waals surface area contributed by atoms with Crippen LogP contribution in [0.25, 0.3) is 0 Å². The molecule has 0 aliphatic carbocycles. The maximum absolute atomic E-state index is 11.5. The molecule has 0 aliphatic heterocycles. The fourth-order valence-corrected chi connectivity index (χ4v) is 1.55. The summed E-state index contributed by atoms with van der Waals surface area (Å²) in [6.07, 6.45) is 2.97. The van der Waals surface area contributed by atoms with Crippen molar-refractivity contribution in [1.82, 2.24) is 14.9 Å². The summed E-state index contributed by atoms with van der Waals surface area (Å²) in [6, 6.07) is 6.78. The van der Waals surface area contributed by atoms with Gasteiger partial charge in [0.25, 0.3) is 0 Å². The van der Waals surface area contributed by atoms with Crippen LogP contribution in [0.3, 0.4) is 0 Å². The molecule has 2 aromatic rings. The second-order valence-corrected chi connectivity index (χ2v) is 3.81. The Morgan fingerprint density at radius 3 is 3.00 bits per heavy atom. The minimum Gasteiger partial charge on any atom is -0.507 e. The lowest BCUT2D eigenvalue weighted by atomic mass is 10.2. The van der Waals surface area contributed by atoms with Crippen LogP contribution in [0.1, 0.15) is 24.7 Å². The summed E-state index contributed by atoms with van der Waals surface area (Å²) in [7, 11) is 0. The quantitative estimate of drug-likeness (QED) is 0.793. The van der Waals surface area contributed by atoms with Gasteiger partial charge in [0, 0.05) is 12.0 Å². The first-order valence-corrected chi connectivity index (χ1v) is 5.71. The molecular weight excluding hydrogens is 232 g/mol. The van der Waals surface area contributed by atoms with E-state index < -0.39 is 0 Å². The number of benzene rings is 1. The lowest BCUT2D eigenvalue weighted by Crippen LogP contribution is -2.14. The molecule has 0 saturated carbocycles. The van der Waals surface area contributed by atoms with Crippen molar-refractivity contribution in [3.8, 4) is 5.75 Å². The number of hydrogen-bond donors (Lipinski definition) is 2. The normalized spacial score (nSPS) is 11.2. The summed E-state index contributed by atoms with van der Waals surface area (Å²) in [5.41, 5.74) is 0.165. The predicted molar refractivity (Wildman–Crippen MR) is 67.9 cm³/mol. The van der Waals surface area contributed by atoms with E-state index in [1.807, 2.05) is 6.92 Å². The number of phenols is 1. The largest absolute Gasteiger partial charge is 0.507 e. The maximum Gasteiger partial charge on any atom is 0.364 e. The molecule has 1 aromatic heterocycles. The topological polar surface area (TPSA) is 83.3 Å². The van der Waals surface area contributed by atoms with Gasteiger partial charge >= 0.3 is 5.69 Å². The van der Waals surface area contributed by atoms with Crippen LogP contribution >= 0.6 is 0 Å². The summed E-state index contributed by atoms with van der Waals surface area (Å²) >= 11 is 0. The Morgan fingerprint density at radius 1 is 1.50 bits per heavy atom. The summed E-state index contributed by atoms with van der Waals surface area (Å²) in [6.45, 7) is 2.00. The highest BCUT2D eigenvalue weighted by Crippen LogP contribution is 2.12. The van der Waals surface area contributed by atoms with Gasteiger partial charge in [0.05, 0.1) is 6.21 Å². The van der Waals surface area contributed by atoms with Crippen LogP contribution in [0.4, 0.5) is 0 Å². The van der Waals surface area contributed by atoms with Gasteiger partial charge in [-0.25, -0.2) is 9.89 Å². The van der Waals surface area contributed by atoms with E-state index in [-0.39, 0.29) is 11.4 Å². The molecule has 6 nitrogen and oxygen atoms in total. The highest BCUT2D eigenvalue weighted by molar-refractivity contribution is 5.83. The van der Waals surface area contributed by atoms with Crippen LogP contribution in [0.15, 0.2) is 34.2 Å². The molecule has 94 valence electrons. The van der Waals surface area contributed by atoms with Crippen molar-refractivity contribution in [2.45, 2.75) is 19.8 Å². The van der Waals surface area contributed by atoms with Gasteiger partial charge in [-0.1, -0.05) is 19.1 Å². The third-order valence-electron chi connectivity index (χ3n) is 2.44. The van der Waals surface area contributed by atoms with Crippen molar-refractivity contribution in [3.05, 3.63) is 46.1 Å². The van der Waals surface area contributed by atoms with Crippen LogP contribution in [0.5, 0.6) is 5.75 Å². The lowest BCUT2D eigenvalue weighted by Gasteiger charge is -1.98. The maximum atomic E-state index is 11.5. The van der Waals surface area contributed by atoms with Crippen molar-refractivity contribution in [1.29, 1.82) is 0 Å². The molecule has 18 heavy (non-hydrogen) atoms. The zero-order chi connectivity index (χ0) is 13.0. The van der Waals surface area contributed by atoms with E-state index in [2.05, 4.69) is 15.3 Å². The first-order valence-electron chi connectivity index (χ1n) is 5.71. The molecule has 0 fully saturated rings. The molecule has 0 atom stereocenters. The van der Waals surface area contributed by atoms with Gasteiger partial charge in [-0.05, 0) is 18.6 Å². The number of para-hydroxylation sites is 1. The van der Waals surface area contributed by atoms with E-state index in [1.165, 1.54) is 10.9 Å². The number of rotatable bonds is 4. The highest BCUT2D eigenvalue weighted by atomic mass is 16.3. The molecule has 0 radical (unpaired) electrons. The molecule has 0 spiro atoms.